The first kappa shape index (κ1) is 13.8. The summed E-state index contributed by atoms with van der Waals surface area (Å²) >= 11 is 0. The van der Waals surface area contributed by atoms with E-state index in [9.17, 15) is 8.42 Å². The second kappa shape index (κ2) is 5.34. The van der Waals surface area contributed by atoms with Crippen LogP contribution in [0.4, 0.5) is 5.82 Å². The average molecular weight is 305 g/mol. The van der Waals surface area contributed by atoms with E-state index >= 15 is 0 Å². The summed E-state index contributed by atoms with van der Waals surface area (Å²) in [5.41, 5.74) is 6.42. The van der Waals surface area contributed by atoms with Crippen molar-refractivity contribution in [3.8, 4) is 5.75 Å². The van der Waals surface area contributed by atoms with E-state index in [1.54, 1.807) is 0 Å². The summed E-state index contributed by atoms with van der Waals surface area (Å²) in [4.78, 5) is 3.97. The van der Waals surface area contributed by atoms with E-state index in [1.165, 1.54) is 22.6 Å². The molecule has 2 heterocycles. The van der Waals surface area contributed by atoms with E-state index in [4.69, 9.17) is 10.5 Å². The second-order valence-electron chi connectivity index (χ2n) is 4.71. The van der Waals surface area contributed by atoms with Gasteiger partial charge in [0.25, 0.3) is 0 Å². The lowest BCUT2D eigenvalue weighted by Crippen LogP contribution is -2.32. The minimum absolute atomic E-state index is 0.148. The van der Waals surface area contributed by atoms with Crippen molar-refractivity contribution in [2.75, 3.05) is 18.9 Å². The number of fused-ring (bicyclic) bond motifs is 1. The number of nitrogens with zero attached hydrogens (tertiary/aromatic N) is 2. The number of hydrogen-bond acceptors (Lipinski definition) is 5. The van der Waals surface area contributed by atoms with Crippen LogP contribution in [-0.2, 0) is 16.6 Å². The molecule has 0 atom stereocenters. The third-order valence-electron chi connectivity index (χ3n) is 3.31. The molecule has 1 aromatic carbocycles. The van der Waals surface area contributed by atoms with Crippen molar-refractivity contribution in [1.29, 1.82) is 0 Å². The van der Waals surface area contributed by atoms with Gasteiger partial charge < -0.3 is 10.5 Å². The van der Waals surface area contributed by atoms with Crippen LogP contribution in [0.2, 0.25) is 0 Å². The molecule has 0 bridgehead atoms. The van der Waals surface area contributed by atoms with Crippen molar-refractivity contribution in [3.05, 3.63) is 48.2 Å². The number of hydrogen-bond donors (Lipinski definition) is 1. The summed E-state index contributed by atoms with van der Waals surface area (Å²) in [7, 11) is -3.62. The molecule has 0 spiro atoms. The predicted octanol–water partition coefficient (Wildman–Crippen LogP) is 1.25. The first-order valence-corrected chi connectivity index (χ1v) is 7.94. The molecule has 0 saturated carbocycles. The summed E-state index contributed by atoms with van der Waals surface area (Å²) in [5, 5.41) is 0. The molecule has 0 radical (unpaired) electrons. The number of rotatable bonds is 2. The summed E-state index contributed by atoms with van der Waals surface area (Å²) < 4.78 is 32.4. The summed E-state index contributed by atoms with van der Waals surface area (Å²) in [6, 6.07) is 10.3. The fourth-order valence-corrected chi connectivity index (χ4v) is 3.67. The first-order chi connectivity index (χ1) is 10.1. The van der Waals surface area contributed by atoms with Crippen LogP contribution in [0, 0.1) is 0 Å². The molecule has 1 aliphatic heterocycles. The van der Waals surface area contributed by atoms with Crippen molar-refractivity contribution >= 4 is 15.8 Å². The SMILES string of the molecule is Nc1cc(S(=O)(=O)N2CCOc3ccccc3C2)ccn1. The van der Waals surface area contributed by atoms with Gasteiger partial charge in [0.05, 0.1) is 4.90 Å². The summed E-state index contributed by atoms with van der Waals surface area (Å²) in [6.45, 7) is 0.886. The summed E-state index contributed by atoms with van der Waals surface area (Å²) in [5.74, 6) is 0.909. The van der Waals surface area contributed by atoms with Gasteiger partial charge in [-0.2, -0.15) is 4.31 Å². The van der Waals surface area contributed by atoms with Gasteiger partial charge in [-0.15, -0.1) is 0 Å². The Morgan fingerprint density at radius 1 is 1.24 bits per heavy atom. The number of aromatic nitrogens is 1. The largest absolute Gasteiger partial charge is 0.492 e. The zero-order valence-electron chi connectivity index (χ0n) is 11.3. The minimum Gasteiger partial charge on any atom is -0.492 e. The molecule has 110 valence electrons. The van der Waals surface area contributed by atoms with Crippen molar-refractivity contribution in [2.24, 2.45) is 0 Å². The Morgan fingerprint density at radius 3 is 2.86 bits per heavy atom. The molecule has 0 saturated heterocycles. The third kappa shape index (κ3) is 2.70. The van der Waals surface area contributed by atoms with E-state index in [2.05, 4.69) is 4.98 Å². The zero-order chi connectivity index (χ0) is 14.9. The number of para-hydroxylation sites is 1. The first-order valence-electron chi connectivity index (χ1n) is 6.50. The number of nitrogen functional groups attached to an aromatic ring is 1. The molecule has 0 aliphatic carbocycles. The molecular weight excluding hydrogens is 290 g/mol. The van der Waals surface area contributed by atoms with Gasteiger partial charge >= 0.3 is 0 Å². The zero-order valence-corrected chi connectivity index (χ0v) is 12.1. The molecule has 21 heavy (non-hydrogen) atoms. The van der Waals surface area contributed by atoms with Gasteiger partial charge in [0.15, 0.2) is 0 Å². The highest BCUT2D eigenvalue weighted by atomic mass is 32.2. The Kier molecular flexibility index (Phi) is 3.52. The highest BCUT2D eigenvalue weighted by Crippen LogP contribution is 2.26. The number of ether oxygens (including phenoxy) is 1. The van der Waals surface area contributed by atoms with E-state index in [1.807, 2.05) is 24.3 Å². The van der Waals surface area contributed by atoms with Crippen LogP contribution in [0.1, 0.15) is 5.56 Å². The Labute approximate surface area is 123 Å². The Balaban J connectivity index is 1.96. The number of benzene rings is 1. The topological polar surface area (TPSA) is 85.5 Å². The maximum absolute atomic E-state index is 12.7. The average Bonchev–Trinajstić information content (AvgIpc) is 2.70. The molecule has 2 aromatic rings. The fourth-order valence-electron chi connectivity index (χ4n) is 2.24. The number of anilines is 1. The van der Waals surface area contributed by atoms with Gasteiger partial charge in [-0.25, -0.2) is 13.4 Å². The van der Waals surface area contributed by atoms with Crippen molar-refractivity contribution < 1.29 is 13.2 Å². The van der Waals surface area contributed by atoms with Crippen LogP contribution in [0.3, 0.4) is 0 Å². The lowest BCUT2D eigenvalue weighted by Gasteiger charge is -2.19. The van der Waals surface area contributed by atoms with Gasteiger partial charge in [-0.1, -0.05) is 18.2 Å². The Morgan fingerprint density at radius 2 is 2.05 bits per heavy atom. The molecule has 0 amide bonds. The standard InChI is InChI=1S/C14H15N3O3S/c15-14-9-12(5-6-16-14)21(18,19)17-7-8-20-13-4-2-1-3-11(13)10-17/h1-6,9H,7-8,10H2,(H2,15,16). The van der Waals surface area contributed by atoms with Crippen LogP contribution in [0.25, 0.3) is 0 Å². The number of pyridine rings is 1. The van der Waals surface area contributed by atoms with Crippen LogP contribution in [0.5, 0.6) is 5.75 Å². The Bertz CT molecular complexity index is 762. The quantitative estimate of drug-likeness (QED) is 0.902. The monoisotopic (exact) mass is 305 g/mol. The van der Waals surface area contributed by atoms with E-state index in [0.29, 0.717) is 13.2 Å². The van der Waals surface area contributed by atoms with Crippen molar-refractivity contribution in [1.82, 2.24) is 9.29 Å². The second-order valence-corrected chi connectivity index (χ2v) is 6.65. The van der Waals surface area contributed by atoms with Gasteiger partial charge in [-0.05, 0) is 12.1 Å². The van der Waals surface area contributed by atoms with Crippen LogP contribution >= 0.6 is 0 Å². The molecule has 1 aliphatic rings. The molecule has 3 rings (SSSR count). The van der Waals surface area contributed by atoms with Gasteiger partial charge in [0, 0.05) is 30.9 Å². The van der Waals surface area contributed by atoms with E-state index < -0.39 is 10.0 Å². The molecule has 2 N–H and O–H groups in total. The maximum Gasteiger partial charge on any atom is 0.243 e. The smallest absolute Gasteiger partial charge is 0.243 e. The normalized spacial score (nSPS) is 15.8. The molecule has 1 aromatic heterocycles. The van der Waals surface area contributed by atoms with Gasteiger partial charge in [0.2, 0.25) is 10.0 Å². The highest BCUT2D eigenvalue weighted by molar-refractivity contribution is 7.89. The predicted molar refractivity (Wildman–Crippen MR) is 78.2 cm³/mol. The lowest BCUT2D eigenvalue weighted by molar-refractivity contribution is 0.293. The third-order valence-corrected chi connectivity index (χ3v) is 5.15. The van der Waals surface area contributed by atoms with Crippen LogP contribution in [-0.4, -0.2) is 30.9 Å². The molecule has 0 unspecified atom stereocenters. The number of nitrogens with two attached hydrogens (primary N) is 1. The van der Waals surface area contributed by atoms with Crippen LogP contribution < -0.4 is 10.5 Å². The minimum atomic E-state index is -3.62. The molecule has 6 nitrogen and oxygen atoms in total. The molecule has 7 heteroatoms. The highest BCUT2D eigenvalue weighted by Gasteiger charge is 2.27. The number of sulfonamides is 1. The van der Waals surface area contributed by atoms with Crippen LogP contribution in [0.15, 0.2) is 47.5 Å². The molecule has 0 fully saturated rings. The lowest BCUT2D eigenvalue weighted by atomic mass is 10.2. The van der Waals surface area contributed by atoms with Crippen molar-refractivity contribution in [2.45, 2.75) is 11.4 Å². The van der Waals surface area contributed by atoms with E-state index in [0.717, 1.165) is 11.3 Å². The Hall–Kier alpha value is -2.12. The molecular formula is C14H15N3O3S. The van der Waals surface area contributed by atoms with Crippen molar-refractivity contribution in [3.63, 3.8) is 0 Å². The fraction of sp³-hybridized carbons (Fsp3) is 0.214. The van der Waals surface area contributed by atoms with Gasteiger partial charge in [-0.3, -0.25) is 0 Å². The maximum atomic E-state index is 12.7. The van der Waals surface area contributed by atoms with Gasteiger partial charge in [0.1, 0.15) is 18.2 Å². The van der Waals surface area contributed by atoms with E-state index in [-0.39, 0.29) is 17.3 Å². The summed E-state index contributed by atoms with van der Waals surface area (Å²) in [6.07, 6.45) is 1.39.